The van der Waals surface area contributed by atoms with Crippen molar-refractivity contribution in [2.45, 2.75) is 25.9 Å². The summed E-state index contributed by atoms with van der Waals surface area (Å²) in [6.07, 6.45) is -0.910. The van der Waals surface area contributed by atoms with E-state index < -0.39 is 29.2 Å². The van der Waals surface area contributed by atoms with Crippen LogP contribution < -0.4 is 0 Å². The van der Waals surface area contributed by atoms with E-state index in [0.717, 1.165) is 11.6 Å². The highest BCUT2D eigenvalue weighted by Gasteiger charge is 2.49. The number of halogens is 1. The van der Waals surface area contributed by atoms with E-state index in [1.807, 2.05) is 30.3 Å². The molecule has 0 unspecified atom stereocenters. The lowest BCUT2D eigenvalue weighted by atomic mass is 9.71. The lowest BCUT2D eigenvalue weighted by Gasteiger charge is -2.43. The number of rotatable bonds is 4. The van der Waals surface area contributed by atoms with E-state index in [4.69, 9.17) is 0 Å². The molecule has 5 nitrogen and oxygen atoms in total. The first-order valence-corrected chi connectivity index (χ1v) is 8.84. The molecular weight excluding hydrogens is 349 g/mol. The SMILES string of the molecule is Cc1cc(F)cc(C(=O)N2CC[C@](Cc3ccccc3)(C(=O)O)[C@H](O)C2)c1. The van der Waals surface area contributed by atoms with Gasteiger partial charge in [-0.2, -0.15) is 0 Å². The number of aliphatic carboxylic acids is 1. The number of aryl methyl sites for hydroxylation is 1. The average molecular weight is 371 g/mol. The molecule has 0 saturated carbocycles. The Morgan fingerprint density at radius 2 is 1.93 bits per heavy atom. The van der Waals surface area contributed by atoms with Crippen molar-refractivity contribution in [3.8, 4) is 0 Å². The average Bonchev–Trinajstić information content (AvgIpc) is 2.62. The van der Waals surface area contributed by atoms with E-state index >= 15 is 0 Å². The molecule has 2 aromatic rings. The molecule has 2 N–H and O–H groups in total. The monoisotopic (exact) mass is 371 g/mol. The highest BCUT2D eigenvalue weighted by molar-refractivity contribution is 5.94. The van der Waals surface area contributed by atoms with Gasteiger partial charge in [-0.1, -0.05) is 30.3 Å². The molecule has 0 aromatic heterocycles. The Hall–Kier alpha value is -2.73. The summed E-state index contributed by atoms with van der Waals surface area (Å²) in [6.45, 7) is 1.78. The van der Waals surface area contributed by atoms with Crippen molar-refractivity contribution in [2.24, 2.45) is 5.41 Å². The summed E-state index contributed by atoms with van der Waals surface area (Å²) in [6, 6.07) is 13.2. The fourth-order valence-electron chi connectivity index (χ4n) is 3.69. The minimum atomic E-state index is -1.35. The maximum Gasteiger partial charge on any atom is 0.312 e. The summed E-state index contributed by atoms with van der Waals surface area (Å²) >= 11 is 0. The summed E-state index contributed by atoms with van der Waals surface area (Å²) in [5.41, 5.74) is 0.292. The van der Waals surface area contributed by atoms with Crippen LogP contribution in [0.5, 0.6) is 0 Å². The zero-order chi connectivity index (χ0) is 19.6. The number of carbonyl (C=O) groups excluding carboxylic acids is 1. The molecule has 1 aliphatic rings. The van der Waals surface area contributed by atoms with Gasteiger partial charge < -0.3 is 15.1 Å². The predicted octanol–water partition coefficient (Wildman–Crippen LogP) is 2.65. The van der Waals surface area contributed by atoms with Crippen LogP contribution in [0, 0.1) is 18.2 Å². The number of carbonyl (C=O) groups is 2. The highest BCUT2D eigenvalue weighted by Crippen LogP contribution is 2.36. The van der Waals surface area contributed by atoms with Crippen LogP contribution in [0.1, 0.15) is 27.9 Å². The van der Waals surface area contributed by atoms with Crippen LogP contribution >= 0.6 is 0 Å². The van der Waals surface area contributed by atoms with Gasteiger partial charge in [0, 0.05) is 18.7 Å². The smallest absolute Gasteiger partial charge is 0.312 e. The van der Waals surface area contributed by atoms with Crippen molar-refractivity contribution in [1.29, 1.82) is 0 Å². The number of carboxylic acids is 1. The molecule has 0 spiro atoms. The summed E-state index contributed by atoms with van der Waals surface area (Å²) in [4.78, 5) is 26.1. The molecule has 2 atom stereocenters. The van der Waals surface area contributed by atoms with Gasteiger partial charge in [0.05, 0.1) is 6.10 Å². The summed E-state index contributed by atoms with van der Waals surface area (Å²) in [7, 11) is 0. The van der Waals surface area contributed by atoms with Crippen LogP contribution in [-0.4, -0.2) is 46.2 Å². The molecule has 1 amide bonds. The topological polar surface area (TPSA) is 77.8 Å². The van der Waals surface area contributed by atoms with Gasteiger partial charge in [0.2, 0.25) is 0 Å². The molecule has 0 radical (unpaired) electrons. The molecule has 1 saturated heterocycles. The molecule has 142 valence electrons. The predicted molar refractivity (Wildman–Crippen MR) is 97.9 cm³/mol. The standard InChI is InChI=1S/C21H22FNO4/c1-14-9-16(11-17(22)10-14)19(25)23-8-7-21(20(26)27,18(24)13-23)12-15-5-3-2-4-6-15/h2-6,9-11,18,24H,7-8,12-13H2,1H3,(H,26,27)/t18-,21-/m1/s1. The number of hydrogen-bond acceptors (Lipinski definition) is 3. The van der Waals surface area contributed by atoms with Crippen molar-refractivity contribution in [2.75, 3.05) is 13.1 Å². The first-order valence-electron chi connectivity index (χ1n) is 8.84. The molecule has 0 bridgehead atoms. The number of carboxylic acid groups (broad SMARTS) is 1. The third-order valence-electron chi connectivity index (χ3n) is 5.22. The number of piperidine rings is 1. The highest BCUT2D eigenvalue weighted by atomic mass is 19.1. The lowest BCUT2D eigenvalue weighted by molar-refractivity contribution is -0.161. The third kappa shape index (κ3) is 3.85. The quantitative estimate of drug-likeness (QED) is 0.866. The summed E-state index contributed by atoms with van der Waals surface area (Å²) < 4.78 is 13.6. The maximum absolute atomic E-state index is 13.6. The van der Waals surface area contributed by atoms with Gasteiger partial charge in [-0.15, -0.1) is 0 Å². The normalized spacial score (nSPS) is 22.5. The van der Waals surface area contributed by atoms with E-state index in [2.05, 4.69) is 0 Å². The van der Waals surface area contributed by atoms with Gasteiger partial charge in [-0.05, 0) is 49.1 Å². The number of aliphatic hydroxyl groups excluding tert-OH is 1. The van der Waals surface area contributed by atoms with Gasteiger partial charge in [0.25, 0.3) is 5.91 Å². The molecule has 6 heteroatoms. The fourth-order valence-corrected chi connectivity index (χ4v) is 3.69. The van der Waals surface area contributed by atoms with E-state index in [9.17, 15) is 24.2 Å². The Morgan fingerprint density at radius 3 is 2.52 bits per heavy atom. The number of β-amino-alcohol motifs (C(OH)–C–C–N with tert-alkyl or cyclic N) is 1. The van der Waals surface area contributed by atoms with Crippen LogP contribution in [-0.2, 0) is 11.2 Å². The Balaban J connectivity index is 1.80. The van der Waals surface area contributed by atoms with E-state index in [-0.39, 0.29) is 31.5 Å². The van der Waals surface area contributed by atoms with Crippen molar-refractivity contribution in [3.63, 3.8) is 0 Å². The first kappa shape index (κ1) is 19.0. The van der Waals surface area contributed by atoms with Crippen molar-refractivity contribution >= 4 is 11.9 Å². The number of hydrogen-bond donors (Lipinski definition) is 2. The zero-order valence-electron chi connectivity index (χ0n) is 15.1. The number of likely N-dealkylation sites (tertiary alicyclic amines) is 1. The molecule has 3 rings (SSSR count). The molecule has 1 heterocycles. The Labute approximate surface area is 157 Å². The summed E-state index contributed by atoms with van der Waals surface area (Å²) in [5, 5.41) is 20.5. The molecule has 0 aliphatic carbocycles. The number of aliphatic hydroxyl groups is 1. The van der Waals surface area contributed by atoms with Crippen LogP contribution in [0.2, 0.25) is 0 Å². The van der Waals surface area contributed by atoms with Gasteiger partial charge in [-0.25, -0.2) is 4.39 Å². The van der Waals surface area contributed by atoms with Crippen molar-refractivity contribution in [3.05, 3.63) is 71.0 Å². The van der Waals surface area contributed by atoms with Gasteiger partial charge in [0.1, 0.15) is 11.2 Å². The Morgan fingerprint density at radius 1 is 1.22 bits per heavy atom. The number of benzene rings is 2. The second-order valence-corrected chi connectivity index (χ2v) is 7.16. The number of nitrogens with zero attached hydrogens (tertiary/aromatic N) is 1. The molecular formula is C21H22FNO4. The number of amides is 1. The van der Waals surface area contributed by atoms with Crippen LogP contribution in [0.3, 0.4) is 0 Å². The van der Waals surface area contributed by atoms with Crippen LogP contribution in [0.25, 0.3) is 0 Å². The minimum Gasteiger partial charge on any atom is -0.481 e. The molecule has 1 fully saturated rings. The van der Waals surface area contributed by atoms with Gasteiger partial charge in [-0.3, -0.25) is 9.59 Å². The van der Waals surface area contributed by atoms with Crippen molar-refractivity contribution in [1.82, 2.24) is 4.90 Å². The van der Waals surface area contributed by atoms with Crippen LogP contribution in [0.4, 0.5) is 4.39 Å². The van der Waals surface area contributed by atoms with E-state index in [1.165, 1.54) is 11.0 Å². The first-order chi connectivity index (χ1) is 12.8. The third-order valence-corrected chi connectivity index (χ3v) is 5.22. The van der Waals surface area contributed by atoms with Gasteiger partial charge >= 0.3 is 5.97 Å². The molecule has 2 aromatic carbocycles. The van der Waals surface area contributed by atoms with Crippen molar-refractivity contribution < 1.29 is 24.2 Å². The second-order valence-electron chi connectivity index (χ2n) is 7.16. The van der Waals surface area contributed by atoms with Gasteiger partial charge in [0.15, 0.2) is 0 Å². The maximum atomic E-state index is 13.6. The summed E-state index contributed by atoms with van der Waals surface area (Å²) in [5.74, 6) is -1.98. The zero-order valence-corrected chi connectivity index (χ0v) is 15.1. The Bertz CT molecular complexity index is 834. The fraction of sp³-hybridized carbons (Fsp3) is 0.333. The minimum absolute atomic E-state index is 0.104. The molecule has 27 heavy (non-hydrogen) atoms. The lowest BCUT2D eigenvalue weighted by Crippen LogP contribution is -2.57. The van der Waals surface area contributed by atoms with E-state index in [1.54, 1.807) is 13.0 Å². The Kier molecular flexibility index (Phi) is 5.28. The molecule has 1 aliphatic heterocycles. The van der Waals surface area contributed by atoms with E-state index in [0.29, 0.717) is 5.56 Å². The van der Waals surface area contributed by atoms with Crippen LogP contribution in [0.15, 0.2) is 48.5 Å². The second kappa shape index (κ2) is 7.48. The largest absolute Gasteiger partial charge is 0.481 e.